The zero-order chi connectivity index (χ0) is 17.7. The number of amides is 1. The van der Waals surface area contributed by atoms with Crippen molar-refractivity contribution in [3.05, 3.63) is 34.2 Å². The van der Waals surface area contributed by atoms with Gasteiger partial charge in [-0.1, -0.05) is 36.5 Å². The third-order valence-electron chi connectivity index (χ3n) is 5.27. The number of thioether (sulfide) groups is 1. The number of hydrogen-bond acceptors (Lipinski definition) is 5. The number of anilines is 1. The summed E-state index contributed by atoms with van der Waals surface area (Å²) in [5.41, 5.74) is 3.61. The van der Waals surface area contributed by atoms with Gasteiger partial charge in [-0.3, -0.25) is 14.5 Å². The molecule has 3 aliphatic rings. The summed E-state index contributed by atoms with van der Waals surface area (Å²) in [5.74, 6) is -0.811. The minimum absolute atomic E-state index is 0.301. The van der Waals surface area contributed by atoms with E-state index in [0.717, 1.165) is 10.5 Å². The Morgan fingerprint density at radius 3 is 3.00 bits per heavy atom. The van der Waals surface area contributed by atoms with Crippen LogP contribution in [0.25, 0.3) is 6.08 Å². The molecule has 7 heteroatoms. The first-order valence-corrected chi connectivity index (χ1v) is 9.52. The standard InChI is InChI=1S/C18H18N2O3S2/c1-19-13-4-2-3-11(13)12-7-10(5-6-14(12)19)8-15-17(23)20(9-16(21)22)18(24)25-15/h5-8,11,13H,2-4,9H2,1H3,(H,21,22). The lowest BCUT2D eigenvalue weighted by Crippen LogP contribution is -2.33. The number of fused-ring (bicyclic) bond motifs is 3. The Hall–Kier alpha value is -1.86. The number of carbonyl (C=O) groups excluding carboxylic acids is 1. The second-order valence-electron chi connectivity index (χ2n) is 6.70. The quantitative estimate of drug-likeness (QED) is 0.648. The average molecular weight is 374 g/mol. The molecule has 1 saturated heterocycles. The lowest BCUT2D eigenvalue weighted by Gasteiger charge is -2.21. The maximum atomic E-state index is 12.4. The molecule has 1 saturated carbocycles. The van der Waals surface area contributed by atoms with E-state index in [9.17, 15) is 9.59 Å². The highest BCUT2D eigenvalue weighted by Gasteiger charge is 2.39. The topological polar surface area (TPSA) is 60.9 Å². The van der Waals surface area contributed by atoms with E-state index in [-0.39, 0.29) is 12.5 Å². The maximum absolute atomic E-state index is 12.4. The number of thiocarbonyl (C=S) groups is 1. The van der Waals surface area contributed by atoms with Crippen LogP contribution in [0.4, 0.5) is 5.69 Å². The van der Waals surface area contributed by atoms with Crippen molar-refractivity contribution in [3.8, 4) is 0 Å². The number of benzene rings is 1. The highest BCUT2D eigenvalue weighted by atomic mass is 32.2. The molecule has 1 N–H and O–H groups in total. The van der Waals surface area contributed by atoms with E-state index in [1.54, 1.807) is 0 Å². The summed E-state index contributed by atoms with van der Waals surface area (Å²) in [5, 5.41) is 8.92. The van der Waals surface area contributed by atoms with Crippen LogP contribution in [0.15, 0.2) is 23.1 Å². The number of nitrogens with zero attached hydrogens (tertiary/aromatic N) is 2. The molecule has 25 heavy (non-hydrogen) atoms. The van der Waals surface area contributed by atoms with Gasteiger partial charge in [-0.15, -0.1) is 0 Å². The van der Waals surface area contributed by atoms with E-state index in [2.05, 4.69) is 24.1 Å². The van der Waals surface area contributed by atoms with Crippen molar-refractivity contribution in [2.24, 2.45) is 0 Å². The summed E-state index contributed by atoms with van der Waals surface area (Å²) in [4.78, 5) is 27.3. The molecule has 0 bridgehead atoms. The van der Waals surface area contributed by atoms with Crippen molar-refractivity contribution < 1.29 is 14.7 Å². The molecule has 2 heterocycles. The minimum Gasteiger partial charge on any atom is -0.480 e. The first-order chi connectivity index (χ1) is 12.0. The van der Waals surface area contributed by atoms with Gasteiger partial charge in [0.15, 0.2) is 0 Å². The Morgan fingerprint density at radius 1 is 1.44 bits per heavy atom. The number of hydrogen-bond donors (Lipinski definition) is 1. The number of likely N-dealkylation sites (N-methyl/N-ethyl adjacent to an activating group) is 1. The minimum atomic E-state index is -1.06. The van der Waals surface area contributed by atoms with E-state index < -0.39 is 5.97 Å². The lowest BCUT2D eigenvalue weighted by atomic mass is 9.96. The van der Waals surface area contributed by atoms with Crippen molar-refractivity contribution in [3.63, 3.8) is 0 Å². The van der Waals surface area contributed by atoms with Crippen molar-refractivity contribution in [1.82, 2.24) is 4.90 Å². The monoisotopic (exact) mass is 374 g/mol. The number of carboxylic acids is 1. The Labute approximate surface area is 155 Å². The number of aliphatic carboxylic acids is 1. The smallest absolute Gasteiger partial charge is 0.323 e. The molecule has 2 aliphatic heterocycles. The van der Waals surface area contributed by atoms with Gasteiger partial charge in [-0.05, 0) is 42.2 Å². The Bertz CT molecular complexity index is 821. The molecule has 1 aromatic rings. The van der Waals surface area contributed by atoms with Gasteiger partial charge in [0.25, 0.3) is 5.91 Å². The Morgan fingerprint density at radius 2 is 2.24 bits per heavy atom. The van der Waals surface area contributed by atoms with Crippen molar-refractivity contribution in [2.45, 2.75) is 31.2 Å². The van der Waals surface area contributed by atoms with Gasteiger partial charge >= 0.3 is 5.97 Å². The number of carboxylic acid groups (broad SMARTS) is 1. The summed E-state index contributed by atoms with van der Waals surface area (Å²) < 4.78 is 0.301. The van der Waals surface area contributed by atoms with Gasteiger partial charge in [0, 0.05) is 24.7 Å². The van der Waals surface area contributed by atoms with Crippen LogP contribution in [0.1, 0.15) is 36.3 Å². The molecular weight excluding hydrogens is 356 g/mol. The molecule has 0 aromatic heterocycles. The van der Waals surface area contributed by atoms with Gasteiger partial charge in [0.05, 0.1) is 4.91 Å². The molecule has 4 rings (SSSR count). The highest BCUT2D eigenvalue weighted by molar-refractivity contribution is 8.26. The predicted octanol–water partition coefficient (Wildman–Crippen LogP) is 3.06. The van der Waals surface area contributed by atoms with Crippen molar-refractivity contribution in [1.29, 1.82) is 0 Å². The van der Waals surface area contributed by atoms with Gasteiger partial charge < -0.3 is 10.0 Å². The fraction of sp³-hybridized carbons (Fsp3) is 0.389. The van der Waals surface area contributed by atoms with Crippen LogP contribution >= 0.6 is 24.0 Å². The molecule has 5 nitrogen and oxygen atoms in total. The molecule has 0 spiro atoms. The van der Waals surface area contributed by atoms with Crippen LogP contribution in [-0.4, -0.2) is 45.8 Å². The molecule has 2 fully saturated rings. The molecule has 2 atom stereocenters. The van der Waals surface area contributed by atoms with Crippen LogP contribution in [0, 0.1) is 0 Å². The van der Waals surface area contributed by atoms with Gasteiger partial charge in [-0.25, -0.2) is 0 Å². The average Bonchev–Trinajstić information content (AvgIpc) is 3.21. The number of carbonyl (C=O) groups is 2. The van der Waals surface area contributed by atoms with E-state index >= 15 is 0 Å². The third kappa shape index (κ3) is 2.75. The van der Waals surface area contributed by atoms with Crippen molar-refractivity contribution >= 4 is 51.9 Å². The van der Waals surface area contributed by atoms with Crippen LogP contribution < -0.4 is 4.90 Å². The molecule has 1 aliphatic carbocycles. The van der Waals surface area contributed by atoms with Gasteiger partial charge in [0.2, 0.25) is 0 Å². The first kappa shape index (κ1) is 16.6. The van der Waals surface area contributed by atoms with Gasteiger partial charge in [0.1, 0.15) is 10.9 Å². The van der Waals surface area contributed by atoms with E-state index in [0.29, 0.717) is 21.2 Å². The lowest BCUT2D eigenvalue weighted by molar-refractivity contribution is -0.140. The Balaban J connectivity index is 1.63. The fourth-order valence-electron chi connectivity index (χ4n) is 4.15. The predicted molar refractivity (Wildman–Crippen MR) is 103 cm³/mol. The van der Waals surface area contributed by atoms with Gasteiger partial charge in [-0.2, -0.15) is 0 Å². The van der Waals surface area contributed by atoms with Crippen molar-refractivity contribution in [2.75, 3.05) is 18.5 Å². The van der Waals surface area contributed by atoms with Crippen LogP contribution in [-0.2, 0) is 9.59 Å². The highest BCUT2D eigenvalue weighted by Crippen LogP contribution is 2.48. The summed E-state index contributed by atoms with van der Waals surface area (Å²) in [6.07, 6.45) is 5.53. The zero-order valence-electron chi connectivity index (χ0n) is 13.8. The summed E-state index contributed by atoms with van der Waals surface area (Å²) in [6, 6.07) is 6.91. The largest absolute Gasteiger partial charge is 0.480 e. The second-order valence-corrected chi connectivity index (χ2v) is 8.37. The molecule has 2 unspecified atom stereocenters. The zero-order valence-corrected chi connectivity index (χ0v) is 15.4. The number of rotatable bonds is 3. The summed E-state index contributed by atoms with van der Waals surface area (Å²) in [6.45, 7) is -0.388. The fourth-order valence-corrected chi connectivity index (χ4v) is 5.40. The van der Waals surface area contributed by atoms with E-state index in [4.69, 9.17) is 17.3 Å². The van der Waals surface area contributed by atoms with Crippen LogP contribution in [0.5, 0.6) is 0 Å². The van der Waals surface area contributed by atoms with E-state index in [1.807, 2.05) is 12.1 Å². The first-order valence-electron chi connectivity index (χ1n) is 8.29. The Kier molecular flexibility index (Phi) is 4.08. The summed E-state index contributed by atoms with van der Waals surface area (Å²) in [7, 11) is 2.16. The van der Waals surface area contributed by atoms with Crippen LogP contribution in [0.2, 0.25) is 0 Å². The molecule has 1 aromatic carbocycles. The SMILES string of the molecule is CN1c2ccc(C=C3SC(=S)N(CC(=O)O)C3=O)cc2C2CCCC21. The summed E-state index contributed by atoms with van der Waals surface area (Å²) >= 11 is 6.31. The van der Waals surface area contributed by atoms with E-state index in [1.165, 1.54) is 42.3 Å². The molecule has 1 amide bonds. The third-order valence-corrected chi connectivity index (χ3v) is 6.65. The van der Waals surface area contributed by atoms with Crippen LogP contribution in [0.3, 0.4) is 0 Å². The molecular formula is C18H18N2O3S2. The molecule has 130 valence electrons. The second kappa shape index (κ2) is 6.14. The molecule has 0 radical (unpaired) electrons. The normalized spacial score (nSPS) is 26.5. The maximum Gasteiger partial charge on any atom is 0.323 e.